The number of nitrogens with one attached hydrogen (secondary N) is 2. The first-order chi connectivity index (χ1) is 14.3. The number of rotatable bonds is 10. The molecule has 0 aliphatic carbocycles. The zero-order valence-electron chi connectivity index (χ0n) is 18.8. The summed E-state index contributed by atoms with van der Waals surface area (Å²) in [5, 5.41) is 5.95. The summed E-state index contributed by atoms with van der Waals surface area (Å²) in [5.41, 5.74) is 3.38. The van der Waals surface area contributed by atoms with Crippen LogP contribution in [0.2, 0.25) is 0 Å². The summed E-state index contributed by atoms with van der Waals surface area (Å²) in [6.07, 6.45) is 1.27. The molecule has 2 aromatic rings. The molecule has 0 bridgehead atoms. The van der Waals surface area contributed by atoms with Crippen molar-refractivity contribution < 1.29 is 9.59 Å². The maximum atomic E-state index is 12.9. The van der Waals surface area contributed by atoms with E-state index in [0.29, 0.717) is 6.54 Å². The molecule has 30 heavy (non-hydrogen) atoms. The van der Waals surface area contributed by atoms with Crippen molar-refractivity contribution in [3.63, 3.8) is 0 Å². The predicted molar refractivity (Wildman–Crippen MR) is 122 cm³/mol. The average Bonchev–Trinajstić information content (AvgIpc) is 2.72. The van der Waals surface area contributed by atoms with Crippen molar-refractivity contribution in [3.05, 3.63) is 71.3 Å². The van der Waals surface area contributed by atoms with E-state index in [0.717, 1.165) is 17.5 Å². The van der Waals surface area contributed by atoms with E-state index in [2.05, 4.69) is 46.7 Å². The zero-order chi connectivity index (χ0) is 22.1. The van der Waals surface area contributed by atoms with Crippen LogP contribution >= 0.6 is 0 Å². The predicted octanol–water partition coefficient (Wildman–Crippen LogP) is 3.35. The fraction of sp³-hybridized carbons (Fsp3) is 0.440. The van der Waals surface area contributed by atoms with E-state index >= 15 is 0 Å². The van der Waals surface area contributed by atoms with Crippen molar-refractivity contribution in [3.8, 4) is 0 Å². The molecule has 0 spiro atoms. The Morgan fingerprint density at radius 3 is 2.10 bits per heavy atom. The first-order valence-electron chi connectivity index (χ1n) is 10.7. The van der Waals surface area contributed by atoms with Gasteiger partial charge in [0.1, 0.15) is 6.04 Å². The van der Waals surface area contributed by atoms with E-state index in [9.17, 15) is 9.59 Å². The van der Waals surface area contributed by atoms with Gasteiger partial charge in [-0.2, -0.15) is 0 Å². The summed E-state index contributed by atoms with van der Waals surface area (Å²) in [7, 11) is 4.01. The fourth-order valence-corrected chi connectivity index (χ4v) is 3.42. The van der Waals surface area contributed by atoms with E-state index in [1.54, 1.807) is 0 Å². The SMILES string of the molecule is CCc1ccc([C@@H](CNC(=O)[C@@H](NC(=O)Cc2ccccc2)C(C)C)N(C)C)cc1. The van der Waals surface area contributed by atoms with E-state index in [4.69, 9.17) is 0 Å². The van der Waals surface area contributed by atoms with Crippen LogP contribution < -0.4 is 10.6 Å². The van der Waals surface area contributed by atoms with Crippen LogP contribution in [0.4, 0.5) is 0 Å². The second-order valence-corrected chi connectivity index (χ2v) is 8.27. The Labute approximate surface area is 180 Å². The van der Waals surface area contributed by atoms with Gasteiger partial charge in [0, 0.05) is 6.54 Å². The van der Waals surface area contributed by atoms with Crippen LogP contribution in [0.15, 0.2) is 54.6 Å². The van der Waals surface area contributed by atoms with Gasteiger partial charge in [0.2, 0.25) is 11.8 Å². The number of hydrogen-bond acceptors (Lipinski definition) is 3. The lowest BCUT2D eigenvalue weighted by molar-refractivity contribution is -0.129. The third kappa shape index (κ3) is 6.99. The molecule has 0 saturated carbocycles. The van der Waals surface area contributed by atoms with Crippen LogP contribution in [-0.4, -0.2) is 43.4 Å². The normalized spacial score (nSPS) is 13.2. The second kappa shape index (κ2) is 11.5. The molecule has 5 heteroatoms. The van der Waals surface area contributed by atoms with Gasteiger partial charge in [-0.1, -0.05) is 75.4 Å². The lowest BCUT2D eigenvalue weighted by Gasteiger charge is -2.27. The minimum atomic E-state index is -0.563. The monoisotopic (exact) mass is 409 g/mol. The lowest BCUT2D eigenvalue weighted by atomic mass is 10.0. The van der Waals surface area contributed by atoms with Crippen molar-refractivity contribution in [1.82, 2.24) is 15.5 Å². The molecular formula is C25H35N3O2. The molecular weight excluding hydrogens is 374 g/mol. The Balaban J connectivity index is 1.99. The number of aryl methyl sites for hydroxylation is 1. The van der Waals surface area contributed by atoms with Gasteiger partial charge < -0.3 is 15.5 Å². The molecule has 2 amide bonds. The van der Waals surface area contributed by atoms with Gasteiger partial charge >= 0.3 is 0 Å². The zero-order valence-corrected chi connectivity index (χ0v) is 18.8. The van der Waals surface area contributed by atoms with Gasteiger partial charge in [-0.05, 0) is 43.1 Å². The van der Waals surface area contributed by atoms with Crippen molar-refractivity contribution in [2.24, 2.45) is 5.92 Å². The Morgan fingerprint density at radius 2 is 1.57 bits per heavy atom. The Bertz CT molecular complexity index is 801. The van der Waals surface area contributed by atoms with Gasteiger partial charge in [0.25, 0.3) is 0 Å². The molecule has 162 valence electrons. The van der Waals surface area contributed by atoms with E-state index < -0.39 is 6.04 Å². The number of hydrogen-bond donors (Lipinski definition) is 2. The lowest BCUT2D eigenvalue weighted by Crippen LogP contribution is -2.51. The Hall–Kier alpha value is -2.66. The van der Waals surface area contributed by atoms with Crippen LogP contribution in [0.25, 0.3) is 0 Å². The third-order valence-electron chi connectivity index (χ3n) is 5.34. The molecule has 2 aromatic carbocycles. The van der Waals surface area contributed by atoms with Gasteiger partial charge in [-0.15, -0.1) is 0 Å². The highest BCUT2D eigenvalue weighted by Crippen LogP contribution is 2.18. The average molecular weight is 410 g/mol. The molecule has 5 nitrogen and oxygen atoms in total. The highest BCUT2D eigenvalue weighted by molar-refractivity contribution is 5.88. The van der Waals surface area contributed by atoms with Crippen molar-refractivity contribution in [2.75, 3.05) is 20.6 Å². The number of carbonyl (C=O) groups is 2. The van der Waals surface area contributed by atoms with Crippen molar-refractivity contribution in [1.29, 1.82) is 0 Å². The smallest absolute Gasteiger partial charge is 0.242 e. The van der Waals surface area contributed by atoms with Gasteiger partial charge in [-0.25, -0.2) is 0 Å². The van der Waals surface area contributed by atoms with Crippen molar-refractivity contribution >= 4 is 11.8 Å². The molecule has 0 saturated heterocycles. The number of likely N-dealkylation sites (N-methyl/N-ethyl adjacent to an activating group) is 1. The molecule has 0 aliphatic rings. The second-order valence-electron chi connectivity index (χ2n) is 8.27. The van der Waals surface area contributed by atoms with Crippen LogP contribution in [0.5, 0.6) is 0 Å². The number of nitrogens with zero attached hydrogens (tertiary/aromatic N) is 1. The van der Waals surface area contributed by atoms with Crippen LogP contribution in [-0.2, 0) is 22.4 Å². The first-order valence-corrected chi connectivity index (χ1v) is 10.7. The topological polar surface area (TPSA) is 61.4 Å². The molecule has 0 fully saturated rings. The molecule has 0 heterocycles. The van der Waals surface area contributed by atoms with Gasteiger partial charge in [-0.3, -0.25) is 9.59 Å². The quantitative estimate of drug-likeness (QED) is 0.633. The maximum absolute atomic E-state index is 12.9. The highest BCUT2D eigenvalue weighted by atomic mass is 16.2. The molecule has 2 rings (SSSR count). The van der Waals surface area contributed by atoms with Crippen molar-refractivity contribution in [2.45, 2.75) is 45.7 Å². The van der Waals surface area contributed by atoms with Crippen LogP contribution in [0, 0.1) is 5.92 Å². The number of carbonyl (C=O) groups excluding carboxylic acids is 2. The summed E-state index contributed by atoms with van der Waals surface area (Å²) in [6.45, 7) is 6.51. The van der Waals surface area contributed by atoms with Gasteiger partial charge in [0.05, 0.1) is 12.5 Å². The minimum absolute atomic E-state index is 0.00799. The summed E-state index contributed by atoms with van der Waals surface area (Å²) >= 11 is 0. The largest absolute Gasteiger partial charge is 0.352 e. The minimum Gasteiger partial charge on any atom is -0.352 e. The molecule has 2 atom stereocenters. The Morgan fingerprint density at radius 1 is 0.933 bits per heavy atom. The number of benzene rings is 2. The summed E-state index contributed by atoms with van der Waals surface area (Å²) in [4.78, 5) is 27.4. The molecule has 0 aromatic heterocycles. The van der Waals surface area contributed by atoms with Crippen LogP contribution in [0.3, 0.4) is 0 Å². The molecule has 2 N–H and O–H groups in total. The molecule has 0 radical (unpaired) electrons. The highest BCUT2D eigenvalue weighted by Gasteiger charge is 2.25. The molecule has 0 unspecified atom stereocenters. The maximum Gasteiger partial charge on any atom is 0.242 e. The van der Waals surface area contributed by atoms with E-state index in [1.807, 2.05) is 58.3 Å². The summed E-state index contributed by atoms with van der Waals surface area (Å²) in [6, 6.07) is 17.6. The summed E-state index contributed by atoms with van der Waals surface area (Å²) < 4.78 is 0. The standard InChI is InChI=1S/C25H35N3O2/c1-6-19-12-14-21(15-13-19)22(28(4)5)17-26-25(30)24(18(2)3)27-23(29)16-20-10-8-7-9-11-20/h7-15,18,22,24H,6,16-17H2,1-5H3,(H,26,30)(H,27,29)/t22-,24+/m1/s1. The van der Waals surface area contributed by atoms with Gasteiger partial charge in [0.15, 0.2) is 0 Å². The fourth-order valence-electron chi connectivity index (χ4n) is 3.42. The summed E-state index contributed by atoms with van der Waals surface area (Å²) in [5.74, 6) is -0.302. The molecule has 0 aliphatic heterocycles. The third-order valence-corrected chi connectivity index (χ3v) is 5.34. The Kier molecular flexibility index (Phi) is 9.06. The first kappa shape index (κ1) is 23.6. The van der Waals surface area contributed by atoms with E-state index in [1.165, 1.54) is 5.56 Å². The van der Waals surface area contributed by atoms with Crippen LogP contribution in [0.1, 0.15) is 43.5 Å². The number of amides is 2. The van der Waals surface area contributed by atoms with E-state index in [-0.39, 0.29) is 30.2 Å².